The highest BCUT2D eigenvalue weighted by Gasteiger charge is 2.28. The first-order valence-corrected chi connectivity index (χ1v) is 12.6. The highest BCUT2D eigenvalue weighted by Crippen LogP contribution is 2.27. The Morgan fingerprint density at radius 1 is 0.971 bits per heavy atom. The number of rotatable bonds is 12. The summed E-state index contributed by atoms with van der Waals surface area (Å²) in [6.45, 7) is 6.90. The van der Waals surface area contributed by atoms with Gasteiger partial charge in [0.1, 0.15) is 11.6 Å². The fourth-order valence-corrected chi connectivity index (χ4v) is 4.38. The van der Waals surface area contributed by atoms with Crippen molar-refractivity contribution in [3.05, 3.63) is 70.5 Å². The fraction of sp³-hybridized carbons (Fsp3) is 0.464. The Balaban J connectivity index is 2.13. The number of nitrogens with zero attached hydrogens (tertiary/aromatic N) is 3. The van der Waals surface area contributed by atoms with E-state index in [2.05, 4.69) is 13.8 Å². The maximum Gasteiger partial charge on any atom is 0.266 e. The molecule has 0 bridgehead atoms. The third-order valence-electron chi connectivity index (χ3n) is 6.26. The normalized spacial score (nSPS) is 12.1. The van der Waals surface area contributed by atoms with Gasteiger partial charge in [0.05, 0.1) is 22.6 Å². The lowest BCUT2D eigenvalue weighted by Crippen LogP contribution is -2.39. The van der Waals surface area contributed by atoms with Gasteiger partial charge in [-0.15, -0.1) is 0 Å². The molecule has 1 unspecified atom stereocenters. The fourth-order valence-electron chi connectivity index (χ4n) is 4.38. The average Bonchev–Trinajstić information content (AvgIpc) is 2.85. The van der Waals surface area contributed by atoms with Crippen LogP contribution in [0, 0.1) is 5.82 Å². The molecule has 0 spiro atoms. The molecule has 34 heavy (non-hydrogen) atoms. The van der Waals surface area contributed by atoms with Crippen molar-refractivity contribution >= 4 is 16.8 Å². The molecule has 0 radical (unpaired) electrons. The Morgan fingerprint density at radius 3 is 2.35 bits per heavy atom. The lowest BCUT2D eigenvalue weighted by Gasteiger charge is -2.32. The number of para-hydroxylation sites is 1. The molecule has 0 saturated carbocycles. The molecule has 2 aromatic carbocycles. The predicted molar refractivity (Wildman–Crippen MR) is 136 cm³/mol. The smallest absolute Gasteiger partial charge is 0.266 e. The first-order valence-electron chi connectivity index (χ1n) is 12.6. The van der Waals surface area contributed by atoms with Crippen LogP contribution in [0.4, 0.5) is 4.39 Å². The van der Waals surface area contributed by atoms with Gasteiger partial charge in [-0.05, 0) is 55.7 Å². The van der Waals surface area contributed by atoms with E-state index in [-0.39, 0.29) is 23.3 Å². The molecule has 5 nitrogen and oxygen atoms in total. The van der Waals surface area contributed by atoms with Gasteiger partial charge < -0.3 is 4.90 Å². The second-order valence-corrected chi connectivity index (χ2v) is 8.78. The molecule has 0 aliphatic rings. The summed E-state index contributed by atoms with van der Waals surface area (Å²) < 4.78 is 15.2. The molecule has 1 aromatic heterocycles. The van der Waals surface area contributed by atoms with Gasteiger partial charge in [-0.1, -0.05) is 58.6 Å². The van der Waals surface area contributed by atoms with Crippen molar-refractivity contribution in [1.29, 1.82) is 0 Å². The predicted octanol–water partition coefficient (Wildman–Crippen LogP) is 6.58. The Hall–Kier alpha value is -3.02. The molecule has 0 aliphatic heterocycles. The van der Waals surface area contributed by atoms with Crippen molar-refractivity contribution in [3.63, 3.8) is 0 Å². The number of aromatic nitrogens is 2. The van der Waals surface area contributed by atoms with Crippen molar-refractivity contribution in [2.45, 2.75) is 78.2 Å². The van der Waals surface area contributed by atoms with Crippen LogP contribution in [0.25, 0.3) is 16.6 Å². The van der Waals surface area contributed by atoms with Crippen molar-refractivity contribution in [3.8, 4) is 5.69 Å². The van der Waals surface area contributed by atoms with Gasteiger partial charge in [0.15, 0.2) is 0 Å². The first kappa shape index (κ1) is 25.6. The zero-order valence-electron chi connectivity index (χ0n) is 20.6. The van der Waals surface area contributed by atoms with Crippen LogP contribution in [0.15, 0.2) is 53.3 Å². The van der Waals surface area contributed by atoms with Crippen molar-refractivity contribution < 1.29 is 9.18 Å². The summed E-state index contributed by atoms with van der Waals surface area (Å²) in [6, 6.07) is 12.8. The lowest BCUT2D eigenvalue weighted by molar-refractivity contribution is -0.134. The summed E-state index contributed by atoms with van der Waals surface area (Å²) in [6.07, 6.45) is 7.10. The van der Waals surface area contributed by atoms with Gasteiger partial charge in [0.25, 0.3) is 5.56 Å². The highest BCUT2D eigenvalue weighted by atomic mass is 19.1. The molecule has 0 aliphatic carbocycles. The van der Waals surface area contributed by atoms with Crippen LogP contribution in [0.1, 0.15) is 84.0 Å². The van der Waals surface area contributed by atoms with Crippen LogP contribution in [0.5, 0.6) is 0 Å². The maximum atomic E-state index is 13.7. The molecule has 0 saturated heterocycles. The van der Waals surface area contributed by atoms with E-state index in [0.29, 0.717) is 41.8 Å². The zero-order chi connectivity index (χ0) is 24.5. The molecule has 1 heterocycles. The minimum Gasteiger partial charge on any atom is -0.333 e. The van der Waals surface area contributed by atoms with Crippen molar-refractivity contribution in [2.75, 3.05) is 6.54 Å². The standard InChI is InChI=1S/C28H36FN3O2/c1-4-7-9-10-15-26(33)31(20-8-5-2)25(6-3)27-30-24-14-12-11-13-23(24)28(34)32(27)22-18-16-21(29)17-19-22/h11-14,16-19,25H,4-10,15,20H2,1-3H3. The zero-order valence-corrected chi connectivity index (χ0v) is 20.6. The number of carbonyl (C=O) groups is 1. The Kier molecular flexibility index (Phi) is 9.37. The van der Waals surface area contributed by atoms with Crippen LogP contribution in [0.3, 0.4) is 0 Å². The number of halogens is 1. The first-order chi connectivity index (χ1) is 16.5. The number of benzene rings is 2. The van der Waals surface area contributed by atoms with E-state index < -0.39 is 0 Å². The van der Waals surface area contributed by atoms with E-state index >= 15 is 0 Å². The van der Waals surface area contributed by atoms with Crippen LogP contribution in [-0.2, 0) is 4.79 Å². The van der Waals surface area contributed by atoms with Crippen molar-refractivity contribution in [2.24, 2.45) is 0 Å². The number of unbranched alkanes of at least 4 members (excludes halogenated alkanes) is 4. The number of fused-ring (bicyclic) bond motifs is 1. The summed E-state index contributed by atoms with van der Waals surface area (Å²) in [7, 11) is 0. The van der Waals surface area contributed by atoms with E-state index in [4.69, 9.17) is 4.98 Å². The molecular weight excluding hydrogens is 429 g/mol. The second-order valence-electron chi connectivity index (χ2n) is 8.78. The van der Waals surface area contributed by atoms with Gasteiger partial charge >= 0.3 is 0 Å². The van der Waals surface area contributed by atoms with E-state index in [9.17, 15) is 14.0 Å². The SMILES string of the molecule is CCCCCCC(=O)N(CCCC)C(CC)c1nc2ccccc2c(=O)n1-c1ccc(F)cc1. The molecule has 182 valence electrons. The van der Waals surface area contributed by atoms with Gasteiger partial charge in [0.2, 0.25) is 5.91 Å². The van der Waals surface area contributed by atoms with Gasteiger partial charge in [-0.3, -0.25) is 14.2 Å². The van der Waals surface area contributed by atoms with Crippen LogP contribution in [0.2, 0.25) is 0 Å². The quantitative estimate of drug-likeness (QED) is 0.284. The van der Waals surface area contributed by atoms with Gasteiger partial charge in [-0.2, -0.15) is 0 Å². The van der Waals surface area contributed by atoms with Gasteiger partial charge in [-0.25, -0.2) is 9.37 Å². The molecule has 1 atom stereocenters. The monoisotopic (exact) mass is 465 g/mol. The molecule has 1 amide bonds. The van der Waals surface area contributed by atoms with Crippen LogP contribution >= 0.6 is 0 Å². The third-order valence-corrected chi connectivity index (χ3v) is 6.26. The molecule has 0 N–H and O–H groups in total. The third kappa shape index (κ3) is 5.91. The van der Waals surface area contributed by atoms with E-state index in [1.54, 1.807) is 22.8 Å². The summed E-state index contributed by atoms with van der Waals surface area (Å²) in [5, 5.41) is 0.497. The largest absolute Gasteiger partial charge is 0.333 e. The maximum absolute atomic E-state index is 13.7. The highest BCUT2D eigenvalue weighted by molar-refractivity contribution is 5.79. The Morgan fingerprint density at radius 2 is 1.68 bits per heavy atom. The molecule has 6 heteroatoms. The molecule has 0 fully saturated rings. The number of carbonyl (C=O) groups excluding carboxylic acids is 1. The number of hydrogen-bond donors (Lipinski definition) is 0. The molecular formula is C28H36FN3O2. The minimum absolute atomic E-state index is 0.101. The summed E-state index contributed by atoms with van der Waals surface area (Å²) in [4.78, 5) is 33.8. The van der Waals surface area contributed by atoms with E-state index in [1.165, 1.54) is 12.1 Å². The second kappa shape index (κ2) is 12.4. The summed E-state index contributed by atoms with van der Waals surface area (Å²) >= 11 is 0. The molecule has 3 rings (SSSR count). The van der Waals surface area contributed by atoms with Crippen LogP contribution < -0.4 is 5.56 Å². The number of hydrogen-bond acceptors (Lipinski definition) is 3. The minimum atomic E-state index is -0.369. The average molecular weight is 466 g/mol. The Bertz CT molecular complexity index is 1140. The Labute approximate surface area is 201 Å². The topological polar surface area (TPSA) is 55.2 Å². The van der Waals surface area contributed by atoms with Gasteiger partial charge in [0, 0.05) is 13.0 Å². The van der Waals surface area contributed by atoms with E-state index in [1.807, 2.05) is 30.0 Å². The van der Waals surface area contributed by atoms with Crippen molar-refractivity contribution in [1.82, 2.24) is 14.5 Å². The summed E-state index contributed by atoms with van der Waals surface area (Å²) in [5.74, 6) is 0.256. The number of amides is 1. The molecule has 3 aromatic rings. The van der Waals surface area contributed by atoms with Crippen LogP contribution in [-0.4, -0.2) is 26.9 Å². The summed E-state index contributed by atoms with van der Waals surface area (Å²) in [5.41, 5.74) is 0.936. The van der Waals surface area contributed by atoms with E-state index in [0.717, 1.165) is 38.5 Å². The lowest BCUT2D eigenvalue weighted by atomic mass is 10.1.